The Kier molecular flexibility index (Phi) is 5.85. The van der Waals surface area contributed by atoms with E-state index in [4.69, 9.17) is 11.6 Å². The molecule has 3 aliphatic rings. The van der Waals surface area contributed by atoms with E-state index in [1.54, 1.807) is 0 Å². The topological polar surface area (TPSA) is 64.7 Å². The lowest BCUT2D eigenvalue weighted by Crippen LogP contribution is -2.67. The van der Waals surface area contributed by atoms with Gasteiger partial charge in [0.05, 0.1) is 12.1 Å². The number of hydrogen-bond acceptors (Lipinski definition) is 4. The van der Waals surface area contributed by atoms with Crippen LogP contribution in [-0.2, 0) is 9.59 Å². The fraction of sp³-hybridized carbons (Fsp3) is 0.882. The molecule has 1 aliphatic carbocycles. The van der Waals surface area contributed by atoms with Crippen molar-refractivity contribution in [3.63, 3.8) is 0 Å². The van der Waals surface area contributed by atoms with Gasteiger partial charge in [0.1, 0.15) is 11.5 Å². The van der Waals surface area contributed by atoms with Crippen LogP contribution in [0, 0.1) is 11.8 Å². The molecule has 3 fully saturated rings. The van der Waals surface area contributed by atoms with Gasteiger partial charge in [-0.05, 0) is 38.0 Å². The molecule has 2 amide bonds. The summed E-state index contributed by atoms with van der Waals surface area (Å²) in [7, 11) is 0. The first-order valence-corrected chi connectivity index (χ1v) is 9.67. The van der Waals surface area contributed by atoms with Gasteiger partial charge in [-0.2, -0.15) is 0 Å². The highest BCUT2D eigenvalue weighted by Gasteiger charge is 2.42. The van der Waals surface area contributed by atoms with E-state index < -0.39 is 11.5 Å². The number of piperazine rings is 1. The molecule has 0 aromatic heterocycles. The van der Waals surface area contributed by atoms with E-state index in [9.17, 15) is 14.0 Å². The molecule has 0 aromatic carbocycles. The molecule has 8 heteroatoms. The van der Waals surface area contributed by atoms with E-state index in [0.717, 1.165) is 6.42 Å². The molecule has 5 unspecified atom stereocenters. The lowest BCUT2D eigenvalue weighted by Gasteiger charge is -2.46. The summed E-state index contributed by atoms with van der Waals surface area (Å²) in [6.45, 7) is 6.53. The number of amides is 2. The summed E-state index contributed by atoms with van der Waals surface area (Å²) in [5.74, 6) is 0.508. The smallest absolute Gasteiger partial charge is 0.253 e. The monoisotopic (exact) mass is 374 g/mol. The van der Waals surface area contributed by atoms with Crippen LogP contribution in [0.3, 0.4) is 0 Å². The number of halogens is 2. The highest BCUT2D eigenvalue weighted by molar-refractivity contribution is 6.31. The largest absolute Gasteiger partial charge is 0.340 e. The van der Waals surface area contributed by atoms with Crippen LogP contribution in [0.15, 0.2) is 0 Å². The third-order valence-corrected chi connectivity index (χ3v) is 6.56. The Morgan fingerprint density at radius 1 is 1.24 bits per heavy atom. The molecule has 142 valence electrons. The maximum absolute atomic E-state index is 13.5. The van der Waals surface area contributed by atoms with Gasteiger partial charge in [0, 0.05) is 26.2 Å². The van der Waals surface area contributed by atoms with E-state index in [1.165, 1.54) is 0 Å². The Balaban J connectivity index is 1.60. The predicted octanol–water partition coefficient (Wildman–Crippen LogP) is 0.904. The van der Waals surface area contributed by atoms with Gasteiger partial charge in [0.15, 0.2) is 0 Å². The van der Waals surface area contributed by atoms with Crippen LogP contribution in [0.1, 0.15) is 33.1 Å². The maximum atomic E-state index is 13.5. The van der Waals surface area contributed by atoms with Crippen molar-refractivity contribution in [3.05, 3.63) is 0 Å². The second kappa shape index (κ2) is 7.76. The van der Waals surface area contributed by atoms with Crippen molar-refractivity contribution in [1.82, 2.24) is 20.7 Å². The van der Waals surface area contributed by atoms with Crippen LogP contribution in [0.25, 0.3) is 0 Å². The lowest BCUT2D eigenvalue weighted by atomic mass is 9.79. The lowest BCUT2D eigenvalue weighted by molar-refractivity contribution is -0.145. The number of hydrogen-bond donors (Lipinski definition) is 2. The number of nitrogens with one attached hydrogen (secondary N) is 2. The number of nitrogens with zero attached hydrogens (tertiary/aromatic N) is 2. The standard InChI is InChI=1S/C17H28ClFN4O2/c1-10-7-13(19)4-3-12(10)9-22-5-6-23(11(2)17(22)25)14-8-20-21-16(24)15(14)18/h10-15,20H,3-9H2,1-2H3,(H,21,24)/t10?,11-,12?,13?,14?,15?/m1/s1. The summed E-state index contributed by atoms with van der Waals surface area (Å²) < 4.78 is 13.5. The number of hydrazine groups is 1. The van der Waals surface area contributed by atoms with Gasteiger partial charge >= 0.3 is 0 Å². The molecule has 25 heavy (non-hydrogen) atoms. The molecule has 2 heterocycles. The molecule has 0 bridgehead atoms. The van der Waals surface area contributed by atoms with Gasteiger partial charge < -0.3 is 4.90 Å². The van der Waals surface area contributed by atoms with Crippen molar-refractivity contribution in [3.8, 4) is 0 Å². The molecule has 0 aromatic rings. The summed E-state index contributed by atoms with van der Waals surface area (Å²) in [4.78, 5) is 28.6. The summed E-state index contributed by atoms with van der Waals surface area (Å²) >= 11 is 6.25. The zero-order chi connectivity index (χ0) is 18.1. The van der Waals surface area contributed by atoms with Crippen molar-refractivity contribution in [2.75, 3.05) is 26.2 Å². The van der Waals surface area contributed by atoms with Crippen LogP contribution < -0.4 is 10.9 Å². The fourth-order valence-corrected chi connectivity index (χ4v) is 4.69. The van der Waals surface area contributed by atoms with E-state index >= 15 is 0 Å². The quantitative estimate of drug-likeness (QED) is 0.720. The molecule has 1 saturated carbocycles. The minimum absolute atomic E-state index is 0.0793. The van der Waals surface area contributed by atoms with E-state index in [-0.39, 0.29) is 23.9 Å². The zero-order valence-electron chi connectivity index (χ0n) is 14.9. The van der Waals surface area contributed by atoms with Crippen LogP contribution in [0.4, 0.5) is 4.39 Å². The molecule has 2 aliphatic heterocycles. The molecule has 3 rings (SSSR count). The zero-order valence-corrected chi connectivity index (χ0v) is 15.6. The van der Waals surface area contributed by atoms with Crippen molar-refractivity contribution in [2.45, 2.75) is 56.7 Å². The Morgan fingerprint density at radius 2 is 2.00 bits per heavy atom. The predicted molar refractivity (Wildman–Crippen MR) is 93.7 cm³/mol. The van der Waals surface area contributed by atoms with E-state index in [2.05, 4.69) is 17.8 Å². The fourth-order valence-electron chi connectivity index (χ4n) is 4.40. The van der Waals surface area contributed by atoms with Crippen LogP contribution in [0.5, 0.6) is 0 Å². The number of rotatable bonds is 3. The Labute approximate surface area is 153 Å². The molecule has 2 N–H and O–H groups in total. The minimum Gasteiger partial charge on any atom is -0.340 e. The van der Waals surface area contributed by atoms with Gasteiger partial charge in [0.2, 0.25) is 5.91 Å². The molecular formula is C17H28ClFN4O2. The normalized spacial score (nSPS) is 40.9. The second-order valence-corrected chi connectivity index (χ2v) is 8.16. The first kappa shape index (κ1) is 18.9. The maximum Gasteiger partial charge on any atom is 0.253 e. The second-order valence-electron chi connectivity index (χ2n) is 7.69. The van der Waals surface area contributed by atoms with Crippen molar-refractivity contribution in [1.29, 1.82) is 0 Å². The van der Waals surface area contributed by atoms with E-state index in [1.807, 2.05) is 16.7 Å². The minimum atomic E-state index is -0.691. The number of alkyl halides is 2. The molecule has 0 radical (unpaired) electrons. The highest BCUT2D eigenvalue weighted by atomic mass is 35.5. The Hall–Kier alpha value is -0.920. The average Bonchev–Trinajstić information content (AvgIpc) is 2.57. The average molecular weight is 375 g/mol. The van der Waals surface area contributed by atoms with Gasteiger partial charge in [-0.3, -0.25) is 19.9 Å². The Bertz CT molecular complexity index is 523. The summed E-state index contributed by atoms with van der Waals surface area (Å²) in [5, 5.41) is -0.664. The van der Waals surface area contributed by atoms with Crippen molar-refractivity contribution >= 4 is 23.4 Å². The molecular weight excluding hydrogens is 347 g/mol. The summed E-state index contributed by atoms with van der Waals surface area (Å²) in [5.41, 5.74) is 5.37. The third-order valence-electron chi connectivity index (χ3n) is 6.07. The third kappa shape index (κ3) is 3.93. The number of carbonyl (C=O) groups is 2. The van der Waals surface area contributed by atoms with Gasteiger partial charge in [-0.25, -0.2) is 9.82 Å². The van der Waals surface area contributed by atoms with Gasteiger partial charge in [-0.1, -0.05) is 6.92 Å². The van der Waals surface area contributed by atoms with Gasteiger partial charge in [-0.15, -0.1) is 11.6 Å². The van der Waals surface area contributed by atoms with Crippen LogP contribution in [0.2, 0.25) is 0 Å². The highest BCUT2D eigenvalue weighted by Crippen LogP contribution is 2.33. The van der Waals surface area contributed by atoms with Crippen LogP contribution >= 0.6 is 11.6 Å². The summed E-state index contributed by atoms with van der Waals surface area (Å²) in [6, 6.07) is -0.502. The summed E-state index contributed by atoms with van der Waals surface area (Å²) in [6.07, 6.45) is 1.37. The molecule has 0 spiro atoms. The first-order valence-electron chi connectivity index (χ1n) is 9.24. The first-order chi connectivity index (χ1) is 11.9. The van der Waals surface area contributed by atoms with Crippen LogP contribution in [-0.4, -0.2) is 71.4 Å². The van der Waals surface area contributed by atoms with Crippen molar-refractivity contribution in [2.24, 2.45) is 11.8 Å². The number of carbonyl (C=O) groups excluding carboxylic acids is 2. The molecule has 6 atom stereocenters. The van der Waals surface area contributed by atoms with Gasteiger partial charge in [0.25, 0.3) is 5.91 Å². The SMILES string of the molecule is CC1CC(F)CCC1CN1CCN(C2CNNC(=O)C2Cl)[C@H](C)C1=O. The van der Waals surface area contributed by atoms with Crippen molar-refractivity contribution < 1.29 is 14.0 Å². The molecule has 6 nitrogen and oxygen atoms in total. The Morgan fingerprint density at radius 3 is 2.72 bits per heavy atom. The van der Waals surface area contributed by atoms with E-state index in [0.29, 0.717) is 50.9 Å². The molecule has 2 saturated heterocycles.